The first-order valence-corrected chi connectivity index (χ1v) is 11.9. The van der Waals surface area contributed by atoms with Crippen LogP contribution >= 0.6 is 0 Å². The number of Topliss-reactive ketones (excluding diaryl/α,β-unsaturated/α-hetero) is 1. The molecule has 0 aromatic heterocycles. The van der Waals surface area contributed by atoms with Gasteiger partial charge >= 0.3 is 0 Å². The van der Waals surface area contributed by atoms with Crippen LogP contribution in [0.2, 0.25) is 0 Å². The molecule has 1 aliphatic carbocycles. The van der Waals surface area contributed by atoms with Gasteiger partial charge in [0.15, 0.2) is 5.78 Å². The molecule has 1 fully saturated rings. The highest BCUT2D eigenvalue weighted by Crippen LogP contribution is 2.41. The number of allylic oxidation sites excluding steroid dienone is 2. The highest BCUT2D eigenvalue weighted by atomic mass is 16.7. The van der Waals surface area contributed by atoms with E-state index in [4.69, 9.17) is 14.5 Å². The number of aliphatic imine (C=N–C) groups is 1. The van der Waals surface area contributed by atoms with Crippen LogP contribution in [0.1, 0.15) is 42.7 Å². The van der Waals surface area contributed by atoms with Crippen molar-refractivity contribution in [2.24, 2.45) is 4.99 Å². The summed E-state index contributed by atoms with van der Waals surface area (Å²) in [7, 11) is 0. The largest absolute Gasteiger partial charge is 0.462 e. The normalized spacial score (nSPS) is 31.1. The lowest BCUT2D eigenvalue weighted by Crippen LogP contribution is -2.60. The number of ketones is 1. The van der Waals surface area contributed by atoms with E-state index in [1.807, 2.05) is 42.5 Å². The Morgan fingerprint density at radius 2 is 1.69 bits per heavy atom. The minimum atomic E-state index is -1.51. The number of nitrogens with zero attached hydrogens (tertiary/aromatic N) is 1. The maximum absolute atomic E-state index is 12.9. The van der Waals surface area contributed by atoms with Gasteiger partial charge in [-0.25, -0.2) is 0 Å². The minimum absolute atomic E-state index is 0.119. The fraction of sp³-hybridized carbons (Fsp3) is 0.407. The SMILES string of the molecule is O=C1CCCC2=C1C(c1ccc(O[C@@H]3O[C@H](CO)[C@@H](O)[C@@H](O)[C@H]3O)cc1)CC(c1ccccc1)=N2. The Bertz CT molecular complexity index is 1130. The number of benzene rings is 2. The van der Waals surface area contributed by atoms with E-state index in [9.17, 15) is 25.2 Å². The van der Waals surface area contributed by atoms with E-state index in [0.29, 0.717) is 18.6 Å². The molecule has 8 heteroatoms. The van der Waals surface area contributed by atoms with E-state index in [0.717, 1.165) is 41.0 Å². The molecule has 1 saturated heterocycles. The summed E-state index contributed by atoms with van der Waals surface area (Å²) < 4.78 is 11.2. The molecule has 184 valence electrons. The molecule has 4 N–H and O–H groups in total. The lowest BCUT2D eigenvalue weighted by Gasteiger charge is -2.39. The van der Waals surface area contributed by atoms with Crippen LogP contribution in [0.15, 0.2) is 70.9 Å². The number of rotatable bonds is 5. The molecule has 2 heterocycles. The van der Waals surface area contributed by atoms with Crippen LogP contribution in [0.25, 0.3) is 0 Å². The van der Waals surface area contributed by atoms with Gasteiger partial charge in [-0.1, -0.05) is 42.5 Å². The number of hydrogen-bond acceptors (Lipinski definition) is 8. The minimum Gasteiger partial charge on any atom is -0.462 e. The summed E-state index contributed by atoms with van der Waals surface area (Å²) in [5.74, 6) is 0.413. The van der Waals surface area contributed by atoms with E-state index in [1.165, 1.54) is 0 Å². The number of hydrogen-bond donors (Lipinski definition) is 4. The molecule has 2 aliphatic heterocycles. The topological polar surface area (TPSA) is 129 Å². The summed E-state index contributed by atoms with van der Waals surface area (Å²) in [6.45, 7) is -0.526. The predicted molar refractivity (Wildman–Crippen MR) is 127 cm³/mol. The quantitative estimate of drug-likeness (QED) is 0.515. The predicted octanol–water partition coefficient (Wildman–Crippen LogP) is 1.85. The van der Waals surface area contributed by atoms with Gasteiger partial charge in [0, 0.05) is 35.7 Å². The highest BCUT2D eigenvalue weighted by molar-refractivity contribution is 6.07. The van der Waals surface area contributed by atoms with Crippen molar-refractivity contribution in [3.63, 3.8) is 0 Å². The lowest BCUT2D eigenvalue weighted by molar-refractivity contribution is -0.277. The Hall–Kier alpha value is -2.88. The molecular formula is C27H29NO7. The Labute approximate surface area is 203 Å². The molecule has 0 radical (unpaired) electrons. The standard InChI is InChI=1S/C27H29NO7/c29-14-22-24(31)25(32)26(33)27(35-22)34-17-11-9-15(10-12-17)18-13-20(16-5-2-1-3-6-16)28-19-7-4-8-21(30)23(18)19/h1-3,5-6,9-12,18,22,24-27,29,31-33H,4,7-8,13-14H2/t18?,22-,24-,25-,26-,27-/m1/s1. The third-order valence-electron chi connectivity index (χ3n) is 6.93. The second-order valence-electron chi connectivity index (χ2n) is 9.20. The molecule has 2 aromatic carbocycles. The molecule has 35 heavy (non-hydrogen) atoms. The van der Waals surface area contributed by atoms with Crippen molar-refractivity contribution in [1.82, 2.24) is 0 Å². The molecule has 8 nitrogen and oxygen atoms in total. The first kappa shape index (κ1) is 23.8. The third kappa shape index (κ3) is 4.68. The summed E-state index contributed by atoms with van der Waals surface area (Å²) in [6, 6.07) is 17.2. The zero-order chi connectivity index (χ0) is 24.5. The molecule has 3 aliphatic rings. The maximum Gasteiger partial charge on any atom is 0.229 e. The summed E-state index contributed by atoms with van der Waals surface area (Å²) in [4.78, 5) is 17.8. The van der Waals surface area contributed by atoms with Gasteiger partial charge in [-0.05, 0) is 36.1 Å². The molecule has 1 unspecified atom stereocenters. The van der Waals surface area contributed by atoms with E-state index >= 15 is 0 Å². The van der Waals surface area contributed by atoms with E-state index in [2.05, 4.69) is 0 Å². The number of carbonyl (C=O) groups is 1. The molecule has 0 spiro atoms. The Morgan fingerprint density at radius 3 is 2.40 bits per heavy atom. The van der Waals surface area contributed by atoms with Crippen molar-refractivity contribution >= 4 is 11.5 Å². The maximum atomic E-state index is 12.9. The first-order chi connectivity index (χ1) is 17.0. The van der Waals surface area contributed by atoms with Crippen LogP contribution in [0.5, 0.6) is 5.75 Å². The van der Waals surface area contributed by atoms with Gasteiger partial charge in [0.05, 0.1) is 6.61 Å². The molecule has 0 bridgehead atoms. The van der Waals surface area contributed by atoms with Crippen LogP contribution < -0.4 is 4.74 Å². The molecule has 0 saturated carbocycles. The number of aliphatic hydroxyl groups is 4. The summed E-state index contributed by atoms with van der Waals surface area (Å²) in [5.41, 5.74) is 4.63. The van der Waals surface area contributed by atoms with Crippen molar-refractivity contribution < 1.29 is 34.7 Å². The van der Waals surface area contributed by atoms with Gasteiger partial charge in [-0.15, -0.1) is 0 Å². The van der Waals surface area contributed by atoms with Crippen LogP contribution in [0, 0.1) is 0 Å². The van der Waals surface area contributed by atoms with Gasteiger partial charge in [0.1, 0.15) is 30.2 Å². The van der Waals surface area contributed by atoms with Gasteiger partial charge < -0.3 is 29.9 Å². The average molecular weight is 480 g/mol. The van der Waals surface area contributed by atoms with Crippen molar-refractivity contribution in [2.45, 2.75) is 62.3 Å². The van der Waals surface area contributed by atoms with Crippen molar-refractivity contribution in [3.05, 3.63) is 77.0 Å². The summed E-state index contributed by atoms with van der Waals surface area (Å²) in [6.07, 6.45) is -4.00. The number of ether oxygens (including phenoxy) is 2. The summed E-state index contributed by atoms with van der Waals surface area (Å²) >= 11 is 0. The van der Waals surface area contributed by atoms with Crippen molar-refractivity contribution in [2.75, 3.05) is 6.61 Å². The number of aliphatic hydroxyl groups excluding tert-OH is 4. The second-order valence-corrected chi connectivity index (χ2v) is 9.20. The van der Waals surface area contributed by atoms with Crippen LogP contribution in [0.4, 0.5) is 0 Å². The van der Waals surface area contributed by atoms with E-state index in [-0.39, 0.29) is 11.7 Å². The Kier molecular flexibility index (Phi) is 6.82. The molecule has 5 rings (SSSR count). The van der Waals surface area contributed by atoms with Gasteiger partial charge in [-0.2, -0.15) is 0 Å². The van der Waals surface area contributed by atoms with Crippen molar-refractivity contribution in [3.8, 4) is 5.75 Å². The second kappa shape index (κ2) is 10.0. The highest BCUT2D eigenvalue weighted by Gasteiger charge is 2.44. The fourth-order valence-electron chi connectivity index (χ4n) is 5.04. The third-order valence-corrected chi connectivity index (χ3v) is 6.93. The summed E-state index contributed by atoms with van der Waals surface area (Å²) in [5, 5.41) is 39.6. The van der Waals surface area contributed by atoms with E-state index in [1.54, 1.807) is 12.1 Å². The average Bonchev–Trinajstić information content (AvgIpc) is 2.89. The smallest absolute Gasteiger partial charge is 0.229 e. The molecule has 0 amide bonds. The van der Waals surface area contributed by atoms with Gasteiger partial charge in [0.2, 0.25) is 6.29 Å². The molecular weight excluding hydrogens is 450 g/mol. The van der Waals surface area contributed by atoms with Crippen molar-refractivity contribution in [1.29, 1.82) is 0 Å². The molecule has 2 aromatic rings. The Balaban J connectivity index is 1.39. The number of carbonyl (C=O) groups excluding carboxylic acids is 1. The van der Waals surface area contributed by atoms with Gasteiger partial charge in [0.25, 0.3) is 0 Å². The monoisotopic (exact) mass is 479 g/mol. The lowest BCUT2D eigenvalue weighted by atomic mass is 9.77. The van der Waals surface area contributed by atoms with Crippen LogP contribution in [0.3, 0.4) is 0 Å². The molecule has 6 atom stereocenters. The fourth-order valence-corrected chi connectivity index (χ4v) is 5.04. The van der Waals surface area contributed by atoms with Crippen LogP contribution in [-0.4, -0.2) is 69.2 Å². The van der Waals surface area contributed by atoms with Crippen LogP contribution in [-0.2, 0) is 9.53 Å². The zero-order valence-corrected chi connectivity index (χ0v) is 19.2. The Morgan fingerprint density at radius 1 is 0.943 bits per heavy atom. The van der Waals surface area contributed by atoms with Gasteiger partial charge in [-0.3, -0.25) is 9.79 Å². The van der Waals surface area contributed by atoms with E-state index < -0.39 is 37.3 Å². The zero-order valence-electron chi connectivity index (χ0n) is 19.2. The first-order valence-electron chi connectivity index (χ1n) is 11.9.